The lowest BCUT2D eigenvalue weighted by Crippen LogP contribution is -2.39. The molecule has 0 radical (unpaired) electrons. The molecule has 0 spiro atoms. The molecule has 2 rings (SSSR count). The smallest absolute Gasteiger partial charge is 0.191 e. The summed E-state index contributed by atoms with van der Waals surface area (Å²) in [5.74, 6) is 1.65. The molecule has 6 heteroatoms. The first-order valence-corrected chi connectivity index (χ1v) is 9.26. The molecule has 1 aromatic heterocycles. The second-order valence-corrected chi connectivity index (χ2v) is 6.22. The molecular formula is C20H31N5O. The monoisotopic (exact) mass is 357 g/mol. The Hall–Kier alpha value is -2.50. The van der Waals surface area contributed by atoms with Crippen molar-refractivity contribution < 1.29 is 4.74 Å². The number of guanidine groups is 1. The Kier molecular flexibility index (Phi) is 7.51. The molecule has 2 aromatic rings. The first-order chi connectivity index (χ1) is 12.6. The van der Waals surface area contributed by atoms with E-state index in [1.165, 1.54) is 16.8 Å². The maximum atomic E-state index is 5.74. The van der Waals surface area contributed by atoms with Gasteiger partial charge >= 0.3 is 0 Å². The minimum atomic E-state index is 0.580. The third-order valence-corrected chi connectivity index (χ3v) is 4.37. The topological polar surface area (TPSA) is 63.5 Å². The van der Waals surface area contributed by atoms with Gasteiger partial charge in [0.15, 0.2) is 5.96 Å². The molecule has 0 atom stereocenters. The van der Waals surface area contributed by atoms with Crippen molar-refractivity contribution in [3.05, 3.63) is 46.8 Å². The second-order valence-electron chi connectivity index (χ2n) is 6.22. The Labute approximate surface area is 156 Å². The maximum Gasteiger partial charge on any atom is 0.191 e. The number of hydrogen-bond donors (Lipinski definition) is 2. The molecule has 0 amide bonds. The molecule has 0 aliphatic heterocycles. The summed E-state index contributed by atoms with van der Waals surface area (Å²) in [6.07, 6.45) is 1.90. The van der Waals surface area contributed by atoms with Crippen molar-refractivity contribution in [2.24, 2.45) is 12.0 Å². The van der Waals surface area contributed by atoms with Crippen LogP contribution in [0.5, 0.6) is 5.75 Å². The van der Waals surface area contributed by atoms with E-state index in [0.29, 0.717) is 13.2 Å². The Bertz CT molecular complexity index is 719. The number of benzene rings is 1. The Morgan fingerprint density at radius 2 is 1.88 bits per heavy atom. The van der Waals surface area contributed by atoms with Crippen LogP contribution in [0.15, 0.2) is 29.3 Å². The molecule has 26 heavy (non-hydrogen) atoms. The van der Waals surface area contributed by atoms with E-state index in [4.69, 9.17) is 4.74 Å². The summed E-state index contributed by atoms with van der Waals surface area (Å²) in [6.45, 7) is 8.35. The van der Waals surface area contributed by atoms with E-state index >= 15 is 0 Å². The molecule has 142 valence electrons. The molecule has 0 aliphatic carbocycles. The predicted octanol–water partition coefficient (Wildman–Crippen LogP) is 2.60. The SMILES string of the molecule is CCc1nn(C)c(CC)c1CNC(=NC)NCCOc1ccc(C)cc1. The zero-order valence-corrected chi connectivity index (χ0v) is 16.6. The Balaban J connectivity index is 1.82. The maximum absolute atomic E-state index is 5.74. The first-order valence-electron chi connectivity index (χ1n) is 9.26. The van der Waals surface area contributed by atoms with Crippen molar-refractivity contribution in [1.29, 1.82) is 0 Å². The van der Waals surface area contributed by atoms with Crippen molar-refractivity contribution in [1.82, 2.24) is 20.4 Å². The Morgan fingerprint density at radius 3 is 2.50 bits per heavy atom. The van der Waals surface area contributed by atoms with Crippen molar-refractivity contribution in [3.63, 3.8) is 0 Å². The third-order valence-electron chi connectivity index (χ3n) is 4.37. The lowest BCUT2D eigenvalue weighted by atomic mass is 10.1. The van der Waals surface area contributed by atoms with E-state index in [2.05, 4.69) is 41.5 Å². The molecule has 0 bridgehead atoms. The number of nitrogens with one attached hydrogen (secondary N) is 2. The van der Waals surface area contributed by atoms with Gasteiger partial charge in [-0.3, -0.25) is 9.67 Å². The van der Waals surface area contributed by atoms with Crippen LogP contribution >= 0.6 is 0 Å². The van der Waals surface area contributed by atoms with E-state index < -0.39 is 0 Å². The van der Waals surface area contributed by atoms with Gasteiger partial charge in [-0.25, -0.2) is 0 Å². The minimum absolute atomic E-state index is 0.580. The summed E-state index contributed by atoms with van der Waals surface area (Å²) in [5, 5.41) is 11.3. The van der Waals surface area contributed by atoms with Crippen LogP contribution in [0, 0.1) is 6.92 Å². The second kappa shape index (κ2) is 9.85. The van der Waals surface area contributed by atoms with Crippen LogP contribution in [0.4, 0.5) is 0 Å². The van der Waals surface area contributed by atoms with E-state index in [1.54, 1.807) is 7.05 Å². The highest BCUT2D eigenvalue weighted by molar-refractivity contribution is 5.79. The van der Waals surface area contributed by atoms with Crippen molar-refractivity contribution in [2.45, 2.75) is 40.2 Å². The van der Waals surface area contributed by atoms with Crippen LogP contribution in [-0.4, -0.2) is 35.9 Å². The number of aryl methyl sites for hydroxylation is 3. The molecule has 6 nitrogen and oxygen atoms in total. The lowest BCUT2D eigenvalue weighted by molar-refractivity contribution is 0.322. The number of ether oxygens (including phenoxy) is 1. The molecular weight excluding hydrogens is 326 g/mol. The highest BCUT2D eigenvalue weighted by Crippen LogP contribution is 2.15. The standard InChI is InChI=1S/C20H31N5O/c1-6-18-17(19(7-2)25(5)24-18)14-23-20(21-4)22-12-13-26-16-10-8-15(3)9-11-16/h8-11H,6-7,12-14H2,1-5H3,(H2,21,22,23). The summed E-state index contributed by atoms with van der Waals surface area (Å²) in [7, 11) is 3.79. The predicted molar refractivity (Wildman–Crippen MR) is 107 cm³/mol. The zero-order valence-electron chi connectivity index (χ0n) is 16.6. The molecule has 0 fully saturated rings. The van der Waals surface area contributed by atoms with Crippen molar-refractivity contribution in [3.8, 4) is 5.75 Å². The van der Waals surface area contributed by atoms with E-state index in [0.717, 1.165) is 36.8 Å². The van der Waals surface area contributed by atoms with Gasteiger partial charge in [-0.2, -0.15) is 5.10 Å². The van der Waals surface area contributed by atoms with Crippen LogP contribution in [0.2, 0.25) is 0 Å². The zero-order chi connectivity index (χ0) is 18.9. The average Bonchev–Trinajstić information content (AvgIpc) is 2.97. The summed E-state index contributed by atoms with van der Waals surface area (Å²) in [6, 6.07) is 8.08. The molecule has 0 aliphatic rings. The summed E-state index contributed by atoms with van der Waals surface area (Å²) < 4.78 is 7.72. The quantitative estimate of drug-likeness (QED) is 0.433. The average molecular weight is 358 g/mol. The first kappa shape index (κ1) is 19.8. The third kappa shape index (κ3) is 5.25. The fourth-order valence-corrected chi connectivity index (χ4v) is 2.96. The highest BCUT2D eigenvalue weighted by Gasteiger charge is 2.13. The summed E-state index contributed by atoms with van der Waals surface area (Å²) in [4.78, 5) is 4.29. The van der Waals surface area contributed by atoms with Crippen LogP contribution < -0.4 is 15.4 Å². The van der Waals surface area contributed by atoms with Gasteiger partial charge in [-0.05, 0) is 31.9 Å². The van der Waals surface area contributed by atoms with Crippen molar-refractivity contribution >= 4 is 5.96 Å². The highest BCUT2D eigenvalue weighted by atomic mass is 16.5. The van der Waals surface area contributed by atoms with Gasteiger partial charge in [0.25, 0.3) is 0 Å². The molecule has 0 saturated heterocycles. The van der Waals surface area contributed by atoms with Crippen molar-refractivity contribution in [2.75, 3.05) is 20.2 Å². The summed E-state index contributed by atoms with van der Waals surface area (Å²) in [5.41, 5.74) is 4.92. The van der Waals surface area contributed by atoms with E-state index in [9.17, 15) is 0 Å². The fraction of sp³-hybridized carbons (Fsp3) is 0.500. The van der Waals surface area contributed by atoms with E-state index in [1.807, 2.05) is 36.0 Å². The number of rotatable bonds is 8. The van der Waals surface area contributed by atoms with Gasteiger partial charge in [0.1, 0.15) is 12.4 Å². The normalized spacial score (nSPS) is 11.5. The number of hydrogen-bond acceptors (Lipinski definition) is 3. The Morgan fingerprint density at radius 1 is 1.15 bits per heavy atom. The van der Waals surface area contributed by atoms with Gasteiger partial charge < -0.3 is 15.4 Å². The molecule has 0 saturated carbocycles. The molecule has 1 aromatic carbocycles. The largest absolute Gasteiger partial charge is 0.492 e. The fourth-order valence-electron chi connectivity index (χ4n) is 2.96. The minimum Gasteiger partial charge on any atom is -0.492 e. The van der Waals surface area contributed by atoms with Crippen LogP contribution in [0.25, 0.3) is 0 Å². The number of nitrogens with zero attached hydrogens (tertiary/aromatic N) is 3. The summed E-state index contributed by atoms with van der Waals surface area (Å²) >= 11 is 0. The van der Waals surface area contributed by atoms with Crippen LogP contribution in [-0.2, 0) is 26.4 Å². The van der Waals surface area contributed by atoms with Crippen LogP contribution in [0.3, 0.4) is 0 Å². The molecule has 1 heterocycles. The van der Waals surface area contributed by atoms with Gasteiger partial charge in [0.05, 0.1) is 12.2 Å². The number of aliphatic imine (C=N–C) groups is 1. The number of aromatic nitrogens is 2. The van der Waals surface area contributed by atoms with Crippen LogP contribution in [0.1, 0.15) is 36.4 Å². The van der Waals surface area contributed by atoms with E-state index in [-0.39, 0.29) is 0 Å². The van der Waals surface area contributed by atoms with Gasteiger partial charge in [-0.1, -0.05) is 31.5 Å². The molecule has 2 N–H and O–H groups in total. The van der Waals surface area contributed by atoms with Gasteiger partial charge in [0.2, 0.25) is 0 Å². The molecule has 0 unspecified atom stereocenters. The van der Waals surface area contributed by atoms with Gasteiger partial charge in [-0.15, -0.1) is 0 Å². The van der Waals surface area contributed by atoms with Gasteiger partial charge in [0, 0.05) is 31.9 Å². The lowest BCUT2D eigenvalue weighted by Gasteiger charge is -2.13.